The van der Waals surface area contributed by atoms with Gasteiger partial charge in [-0.25, -0.2) is 18.4 Å². The highest BCUT2D eigenvalue weighted by Crippen LogP contribution is 2.34. The zero-order valence-electron chi connectivity index (χ0n) is 20.2. The fourth-order valence-corrected chi connectivity index (χ4v) is 4.49. The number of fused-ring (bicyclic) bond motifs is 1. The zero-order valence-corrected chi connectivity index (χ0v) is 21.0. The van der Waals surface area contributed by atoms with Crippen LogP contribution in [0.2, 0.25) is 0 Å². The Bertz CT molecular complexity index is 1610. The van der Waals surface area contributed by atoms with Crippen molar-refractivity contribution in [2.45, 2.75) is 11.8 Å². The quantitative estimate of drug-likeness (QED) is 0.365. The van der Waals surface area contributed by atoms with Crippen LogP contribution in [-0.4, -0.2) is 62.2 Å². The lowest BCUT2D eigenvalue weighted by molar-refractivity contribution is 0.201. The van der Waals surface area contributed by atoms with Crippen molar-refractivity contribution in [1.82, 2.24) is 15.0 Å². The Labute approximate surface area is 207 Å². The third-order valence-corrected chi connectivity index (χ3v) is 6.64. The standard InChI is InChI=1S/C25H25N3O7S/c1-14-11-16(36(4,31)32)5-6-17(14)23-20(35-10-9-29)8-7-18(26-23)24-27-19-12-15(33-2)13-21(34-3)22(19)25(30)28-24/h5-8,11-13,29H,9-10H2,1-4H3,(H,27,28,30). The van der Waals surface area contributed by atoms with Gasteiger partial charge in [-0.1, -0.05) is 6.07 Å². The number of aryl methyl sites for hydroxylation is 1. The van der Waals surface area contributed by atoms with Crippen LogP contribution in [0, 0.1) is 6.92 Å². The first kappa shape index (κ1) is 25.1. The number of rotatable bonds is 8. The van der Waals surface area contributed by atoms with E-state index in [4.69, 9.17) is 19.2 Å². The number of pyridine rings is 1. The number of hydrogen-bond donors (Lipinski definition) is 2. The largest absolute Gasteiger partial charge is 0.497 e. The maximum Gasteiger partial charge on any atom is 0.262 e. The smallest absolute Gasteiger partial charge is 0.262 e. The van der Waals surface area contributed by atoms with Crippen LogP contribution in [0.3, 0.4) is 0 Å². The van der Waals surface area contributed by atoms with Gasteiger partial charge in [0.05, 0.1) is 31.2 Å². The molecule has 2 N–H and O–H groups in total. The molecule has 4 rings (SSSR count). The molecular weight excluding hydrogens is 486 g/mol. The number of aliphatic hydroxyl groups is 1. The number of aromatic nitrogens is 3. The van der Waals surface area contributed by atoms with Crippen molar-refractivity contribution in [3.63, 3.8) is 0 Å². The number of H-pyrrole nitrogens is 1. The lowest BCUT2D eigenvalue weighted by Gasteiger charge is -2.14. The van der Waals surface area contributed by atoms with E-state index < -0.39 is 15.4 Å². The number of ether oxygens (including phenoxy) is 3. The van der Waals surface area contributed by atoms with Gasteiger partial charge < -0.3 is 24.3 Å². The van der Waals surface area contributed by atoms with Crippen LogP contribution in [0.5, 0.6) is 17.2 Å². The van der Waals surface area contributed by atoms with Gasteiger partial charge in [0.2, 0.25) is 0 Å². The van der Waals surface area contributed by atoms with Gasteiger partial charge in [-0.2, -0.15) is 0 Å². The van der Waals surface area contributed by atoms with E-state index in [-0.39, 0.29) is 29.3 Å². The number of sulfone groups is 1. The lowest BCUT2D eigenvalue weighted by Crippen LogP contribution is -2.12. The van der Waals surface area contributed by atoms with Crippen LogP contribution in [0.25, 0.3) is 33.7 Å². The highest BCUT2D eigenvalue weighted by atomic mass is 32.2. The van der Waals surface area contributed by atoms with Crippen LogP contribution in [0.15, 0.2) is 52.2 Å². The van der Waals surface area contributed by atoms with E-state index in [0.29, 0.717) is 45.3 Å². The lowest BCUT2D eigenvalue weighted by atomic mass is 10.0. The predicted octanol–water partition coefficient (Wildman–Crippen LogP) is 2.75. The third-order valence-electron chi connectivity index (χ3n) is 5.53. The monoisotopic (exact) mass is 511 g/mol. The Kier molecular flexibility index (Phi) is 6.95. The normalized spacial score (nSPS) is 11.5. The highest BCUT2D eigenvalue weighted by molar-refractivity contribution is 7.90. The number of nitrogens with one attached hydrogen (secondary N) is 1. The van der Waals surface area contributed by atoms with Crippen molar-refractivity contribution < 1.29 is 27.7 Å². The first-order valence-electron chi connectivity index (χ1n) is 10.9. The van der Waals surface area contributed by atoms with Crippen molar-refractivity contribution in [2.75, 3.05) is 33.7 Å². The van der Waals surface area contributed by atoms with E-state index in [1.54, 1.807) is 43.3 Å². The summed E-state index contributed by atoms with van der Waals surface area (Å²) in [5.74, 6) is 1.40. The summed E-state index contributed by atoms with van der Waals surface area (Å²) in [6, 6.07) is 11.2. The zero-order chi connectivity index (χ0) is 26.0. The second kappa shape index (κ2) is 9.96. The molecule has 0 fully saturated rings. The van der Waals surface area contributed by atoms with Crippen LogP contribution in [0.1, 0.15) is 5.56 Å². The maximum absolute atomic E-state index is 12.9. The molecule has 2 heterocycles. The molecule has 0 saturated heterocycles. The van der Waals surface area contributed by atoms with Gasteiger partial charge >= 0.3 is 0 Å². The molecule has 0 unspecified atom stereocenters. The van der Waals surface area contributed by atoms with Crippen LogP contribution >= 0.6 is 0 Å². The van der Waals surface area contributed by atoms with E-state index in [9.17, 15) is 18.3 Å². The summed E-state index contributed by atoms with van der Waals surface area (Å²) >= 11 is 0. The van der Waals surface area contributed by atoms with Gasteiger partial charge in [-0.05, 0) is 36.8 Å². The molecule has 11 heteroatoms. The molecule has 2 aromatic carbocycles. The van der Waals surface area contributed by atoms with Gasteiger partial charge in [-0.15, -0.1) is 0 Å². The molecular formula is C25H25N3O7S. The number of methoxy groups -OCH3 is 2. The molecule has 10 nitrogen and oxygen atoms in total. The fraction of sp³-hybridized carbons (Fsp3) is 0.240. The Hall–Kier alpha value is -3.96. The highest BCUT2D eigenvalue weighted by Gasteiger charge is 2.18. The first-order valence-corrected chi connectivity index (χ1v) is 12.8. The Morgan fingerprint density at radius 3 is 2.42 bits per heavy atom. The van der Waals surface area contributed by atoms with Crippen LogP contribution < -0.4 is 19.8 Å². The number of benzene rings is 2. The summed E-state index contributed by atoms with van der Waals surface area (Å²) in [7, 11) is -0.431. The van der Waals surface area contributed by atoms with E-state index in [1.807, 2.05) is 0 Å². The predicted molar refractivity (Wildman–Crippen MR) is 135 cm³/mol. The fourth-order valence-electron chi connectivity index (χ4n) is 3.79. The molecule has 0 atom stereocenters. The SMILES string of the molecule is COc1cc(OC)c2c(=O)[nH]c(-c3ccc(OCCO)c(-c4ccc(S(C)(=O)=O)cc4C)n3)nc2c1. The average molecular weight is 512 g/mol. The minimum Gasteiger partial charge on any atom is -0.497 e. The molecule has 4 aromatic rings. The number of aromatic amines is 1. The summed E-state index contributed by atoms with van der Waals surface area (Å²) in [5, 5.41) is 9.51. The molecule has 188 valence electrons. The van der Waals surface area contributed by atoms with E-state index in [1.165, 1.54) is 20.3 Å². The molecule has 0 saturated carbocycles. The molecule has 2 aromatic heterocycles. The molecule has 0 radical (unpaired) electrons. The topological polar surface area (TPSA) is 141 Å². The summed E-state index contributed by atoms with van der Waals surface area (Å²) in [4.78, 5) is 25.2. The molecule has 0 aliphatic heterocycles. The molecule has 0 amide bonds. The van der Waals surface area contributed by atoms with Gasteiger partial charge in [-0.3, -0.25) is 4.79 Å². The maximum atomic E-state index is 12.9. The molecule has 36 heavy (non-hydrogen) atoms. The first-order chi connectivity index (χ1) is 17.2. The van der Waals surface area contributed by atoms with E-state index in [2.05, 4.69) is 9.97 Å². The van der Waals surface area contributed by atoms with Crippen molar-refractivity contribution in [3.8, 4) is 40.0 Å². The molecule has 0 aliphatic rings. The van der Waals surface area contributed by atoms with Gasteiger partial charge in [0, 0.05) is 24.0 Å². The summed E-state index contributed by atoms with van der Waals surface area (Å²) in [6.07, 6.45) is 1.14. The Balaban J connectivity index is 1.91. The third kappa shape index (κ3) is 4.88. The number of aliphatic hydroxyl groups excluding tert-OH is 1. The molecule has 0 bridgehead atoms. The Morgan fingerprint density at radius 2 is 1.78 bits per heavy atom. The minimum absolute atomic E-state index is 0.0408. The summed E-state index contributed by atoms with van der Waals surface area (Å²) in [5.41, 5.74) is 2.00. The van der Waals surface area contributed by atoms with Gasteiger partial charge in [0.15, 0.2) is 15.7 Å². The van der Waals surface area contributed by atoms with Gasteiger partial charge in [0.25, 0.3) is 5.56 Å². The van der Waals surface area contributed by atoms with Gasteiger partial charge in [0.1, 0.15) is 40.6 Å². The Morgan fingerprint density at radius 1 is 1.00 bits per heavy atom. The molecule has 0 aliphatic carbocycles. The summed E-state index contributed by atoms with van der Waals surface area (Å²) in [6.45, 7) is 1.61. The second-order valence-electron chi connectivity index (χ2n) is 8.00. The van der Waals surface area contributed by atoms with Crippen molar-refractivity contribution in [1.29, 1.82) is 0 Å². The van der Waals surface area contributed by atoms with E-state index in [0.717, 1.165) is 6.26 Å². The van der Waals surface area contributed by atoms with Crippen molar-refractivity contribution in [3.05, 3.63) is 58.4 Å². The average Bonchev–Trinajstić information content (AvgIpc) is 2.85. The van der Waals surface area contributed by atoms with Crippen molar-refractivity contribution >= 4 is 20.7 Å². The minimum atomic E-state index is -3.39. The second-order valence-corrected chi connectivity index (χ2v) is 10.0. The van der Waals surface area contributed by atoms with Crippen molar-refractivity contribution in [2.24, 2.45) is 0 Å². The number of nitrogens with zero attached hydrogens (tertiary/aromatic N) is 2. The molecule has 0 spiro atoms. The van der Waals surface area contributed by atoms with Crippen LogP contribution in [-0.2, 0) is 9.84 Å². The van der Waals surface area contributed by atoms with Crippen LogP contribution in [0.4, 0.5) is 0 Å². The van der Waals surface area contributed by atoms with E-state index >= 15 is 0 Å². The summed E-state index contributed by atoms with van der Waals surface area (Å²) < 4.78 is 40.3. The number of hydrogen-bond acceptors (Lipinski definition) is 9.